The maximum atomic E-state index is 11.9. The van der Waals surface area contributed by atoms with Crippen molar-refractivity contribution in [1.82, 2.24) is 0 Å². The Morgan fingerprint density at radius 3 is 2.62 bits per heavy atom. The third-order valence-electron chi connectivity index (χ3n) is 3.93. The first kappa shape index (κ1) is 12.9. The zero-order valence-corrected chi connectivity index (χ0v) is 10.2. The molecule has 3 nitrogen and oxygen atoms in total. The Morgan fingerprint density at radius 2 is 2.19 bits per heavy atom. The smallest absolute Gasteiger partial charge is 0.136 e. The van der Waals surface area contributed by atoms with E-state index in [0.29, 0.717) is 12.8 Å². The molecule has 90 valence electrons. The molecule has 0 heterocycles. The van der Waals surface area contributed by atoms with Crippen LogP contribution in [0.3, 0.4) is 0 Å². The van der Waals surface area contributed by atoms with Gasteiger partial charge in [-0.15, -0.1) is 0 Å². The minimum absolute atomic E-state index is 0.0519. The van der Waals surface area contributed by atoms with Crippen LogP contribution in [0.4, 0.5) is 0 Å². The number of carbonyl (C=O) groups is 2. The van der Waals surface area contributed by atoms with Crippen molar-refractivity contribution >= 4 is 11.8 Å². The van der Waals surface area contributed by atoms with Crippen LogP contribution < -0.4 is 5.11 Å². The SMILES string of the molecule is C=C(C)C1CC(=O)C(C)C(C)(CC(=O)[O-])C1. The molecule has 1 fully saturated rings. The predicted molar refractivity (Wildman–Crippen MR) is 59.4 cm³/mol. The van der Waals surface area contributed by atoms with E-state index in [9.17, 15) is 14.7 Å². The van der Waals surface area contributed by atoms with Crippen LogP contribution in [0.5, 0.6) is 0 Å². The molecule has 3 atom stereocenters. The molecule has 0 aromatic rings. The first-order chi connectivity index (χ1) is 7.26. The number of aliphatic carboxylic acids is 1. The van der Waals surface area contributed by atoms with Crippen molar-refractivity contribution in [1.29, 1.82) is 0 Å². The van der Waals surface area contributed by atoms with Gasteiger partial charge in [0, 0.05) is 18.3 Å². The van der Waals surface area contributed by atoms with Crippen molar-refractivity contribution in [3.8, 4) is 0 Å². The molecule has 0 aromatic carbocycles. The number of rotatable bonds is 3. The maximum Gasteiger partial charge on any atom is 0.136 e. The Hall–Kier alpha value is -1.12. The van der Waals surface area contributed by atoms with E-state index in [1.165, 1.54) is 0 Å². The second kappa shape index (κ2) is 4.40. The van der Waals surface area contributed by atoms with Gasteiger partial charge >= 0.3 is 0 Å². The number of carboxylic acid groups (broad SMARTS) is 1. The lowest BCUT2D eigenvalue weighted by atomic mass is 9.61. The van der Waals surface area contributed by atoms with Gasteiger partial charge in [-0.25, -0.2) is 0 Å². The Labute approximate surface area is 96.5 Å². The van der Waals surface area contributed by atoms with E-state index in [-0.39, 0.29) is 24.0 Å². The van der Waals surface area contributed by atoms with Gasteiger partial charge in [-0.3, -0.25) is 4.79 Å². The fraction of sp³-hybridized carbons (Fsp3) is 0.692. The van der Waals surface area contributed by atoms with Gasteiger partial charge in [-0.2, -0.15) is 0 Å². The van der Waals surface area contributed by atoms with Gasteiger partial charge in [0.15, 0.2) is 0 Å². The maximum absolute atomic E-state index is 11.9. The van der Waals surface area contributed by atoms with Crippen molar-refractivity contribution in [2.24, 2.45) is 17.3 Å². The minimum atomic E-state index is -1.08. The first-order valence-electron chi connectivity index (χ1n) is 5.64. The molecule has 0 saturated heterocycles. The molecule has 0 bridgehead atoms. The van der Waals surface area contributed by atoms with Crippen molar-refractivity contribution in [2.75, 3.05) is 0 Å². The standard InChI is InChI=1S/C13H20O3/c1-8(2)10-5-11(14)9(3)13(4,6-10)7-12(15)16/h9-10H,1,5-7H2,2-4H3,(H,15,16)/p-1. The Bertz CT molecular complexity index is 332. The van der Waals surface area contributed by atoms with Gasteiger partial charge in [0.1, 0.15) is 5.78 Å². The zero-order valence-electron chi connectivity index (χ0n) is 10.2. The lowest BCUT2D eigenvalue weighted by Crippen LogP contribution is -2.43. The van der Waals surface area contributed by atoms with Crippen LogP contribution in [0.15, 0.2) is 12.2 Å². The number of allylic oxidation sites excluding steroid dienone is 1. The number of carbonyl (C=O) groups excluding carboxylic acids is 2. The van der Waals surface area contributed by atoms with Crippen molar-refractivity contribution in [3.05, 3.63) is 12.2 Å². The number of hydrogen-bond acceptors (Lipinski definition) is 3. The molecular formula is C13H19O3-. The summed E-state index contributed by atoms with van der Waals surface area (Å²) in [6.45, 7) is 9.44. The molecular weight excluding hydrogens is 204 g/mol. The topological polar surface area (TPSA) is 57.2 Å². The van der Waals surface area contributed by atoms with E-state index < -0.39 is 11.4 Å². The Morgan fingerprint density at radius 1 is 1.62 bits per heavy atom. The third-order valence-corrected chi connectivity index (χ3v) is 3.93. The molecule has 1 rings (SSSR count). The van der Waals surface area contributed by atoms with E-state index in [1.807, 2.05) is 20.8 Å². The van der Waals surface area contributed by atoms with Crippen LogP contribution in [-0.2, 0) is 9.59 Å². The van der Waals surface area contributed by atoms with Crippen molar-refractivity contribution in [2.45, 2.75) is 40.0 Å². The minimum Gasteiger partial charge on any atom is -0.550 e. The summed E-state index contributed by atoms with van der Waals surface area (Å²) >= 11 is 0. The molecule has 0 aromatic heterocycles. The average molecular weight is 223 g/mol. The highest BCUT2D eigenvalue weighted by molar-refractivity contribution is 5.83. The molecule has 0 amide bonds. The molecule has 3 unspecified atom stereocenters. The monoisotopic (exact) mass is 223 g/mol. The summed E-state index contributed by atoms with van der Waals surface area (Å²) in [4.78, 5) is 22.6. The van der Waals surface area contributed by atoms with Crippen LogP contribution >= 0.6 is 0 Å². The van der Waals surface area contributed by atoms with E-state index in [1.54, 1.807) is 0 Å². The number of ketones is 1. The van der Waals surface area contributed by atoms with Gasteiger partial charge in [-0.1, -0.05) is 26.0 Å². The largest absolute Gasteiger partial charge is 0.550 e. The number of hydrogen-bond donors (Lipinski definition) is 0. The van der Waals surface area contributed by atoms with Gasteiger partial charge in [-0.05, 0) is 31.1 Å². The molecule has 0 N–H and O–H groups in total. The van der Waals surface area contributed by atoms with Crippen molar-refractivity contribution < 1.29 is 14.7 Å². The van der Waals surface area contributed by atoms with E-state index >= 15 is 0 Å². The normalized spacial score (nSPS) is 34.8. The summed E-state index contributed by atoms with van der Waals surface area (Å²) in [6.07, 6.45) is 1.16. The van der Waals surface area contributed by atoms with Gasteiger partial charge < -0.3 is 9.90 Å². The molecule has 1 aliphatic rings. The van der Waals surface area contributed by atoms with Gasteiger partial charge in [0.05, 0.1) is 0 Å². The number of Topliss-reactive ketones (excluding diaryl/α,β-unsaturated/α-hetero) is 1. The quantitative estimate of drug-likeness (QED) is 0.678. The summed E-state index contributed by atoms with van der Waals surface area (Å²) < 4.78 is 0. The predicted octanol–water partition coefficient (Wildman–Crippen LogP) is 1.32. The summed E-state index contributed by atoms with van der Waals surface area (Å²) in [7, 11) is 0. The fourth-order valence-corrected chi connectivity index (χ4v) is 2.52. The second-order valence-corrected chi connectivity index (χ2v) is 5.34. The van der Waals surface area contributed by atoms with Gasteiger partial charge in [0.2, 0.25) is 0 Å². The molecule has 0 radical (unpaired) electrons. The zero-order chi connectivity index (χ0) is 12.5. The van der Waals surface area contributed by atoms with E-state index in [0.717, 1.165) is 5.57 Å². The lowest BCUT2D eigenvalue weighted by molar-refractivity contribution is -0.308. The van der Waals surface area contributed by atoms with Gasteiger partial charge in [0.25, 0.3) is 0 Å². The molecule has 1 saturated carbocycles. The fourth-order valence-electron chi connectivity index (χ4n) is 2.52. The third kappa shape index (κ3) is 2.52. The van der Waals surface area contributed by atoms with Crippen LogP contribution in [0, 0.1) is 17.3 Å². The lowest BCUT2D eigenvalue weighted by Gasteiger charge is -2.43. The van der Waals surface area contributed by atoms with Crippen LogP contribution in [0.2, 0.25) is 0 Å². The molecule has 0 aliphatic heterocycles. The highest BCUT2D eigenvalue weighted by Gasteiger charge is 2.42. The van der Waals surface area contributed by atoms with Crippen molar-refractivity contribution in [3.63, 3.8) is 0 Å². The highest BCUT2D eigenvalue weighted by Crippen LogP contribution is 2.45. The highest BCUT2D eigenvalue weighted by atomic mass is 16.4. The summed E-state index contributed by atoms with van der Waals surface area (Å²) in [5, 5.41) is 10.8. The summed E-state index contributed by atoms with van der Waals surface area (Å²) in [5.74, 6) is -1.03. The molecule has 16 heavy (non-hydrogen) atoms. The van der Waals surface area contributed by atoms with E-state index in [4.69, 9.17) is 0 Å². The Kier molecular flexibility index (Phi) is 3.56. The van der Waals surface area contributed by atoms with Crippen LogP contribution in [0.25, 0.3) is 0 Å². The second-order valence-electron chi connectivity index (χ2n) is 5.34. The molecule has 3 heteroatoms. The van der Waals surface area contributed by atoms with E-state index in [2.05, 4.69) is 6.58 Å². The average Bonchev–Trinajstić information content (AvgIpc) is 2.12. The van der Waals surface area contributed by atoms with Crippen LogP contribution in [-0.4, -0.2) is 11.8 Å². The number of carboxylic acids is 1. The Balaban J connectivity index is 2.92. The first-order valence-corrected chi connectivity index (χ1v) is 5.64. The molecule has 0 spiro atoms. The van der Waals surface area contributed by atoms with Crippen LogP contribution in [0.1, 0.15) is 40.0 Å². The summed E-state index contributed by atoms with van der Waals surface area (Å²) in [5.41, 5.74) is 0.474. The summed E-state index contributed by atoms with van der Waals surface area (Å²) in [6, 6.07) is 0. The molecule has 1 aliphatic carbocycles.